The molecule has 0 unspecified atom stereocenters. The van der Waals surface area contributed by atoms with Crippen LogP contribution in [0.5, 0.6) is 0 Å². The van der Waals surface area contributed by atoms with Gasteiger partial charge >= 0.3 is 5.97 Å². The highest BCUT2D eigenvalue weighted by Crippen LogP contribution is 2.35. The van der Waals surface area contributed by atoms with E-state index in [1.165, 1.54) is 12.1 Å². The Kier molecular flexibility index (Phi) is 3.52. The first-order valence-corrected chi connectivity index (χ1v) is 9.83. The van der Waals surface area contributed by atoms with Gasteiger partial charge in [-0.05, 0) is 30.3 Å². The second-order valence-electron chi connectivity index (χ2n) is 7.54. The van der Waals surface area contributed by atoms with Crippen LogP contribution in [0.2, 0.25) is 0 Å². The third-order valence-corrected chi connectivity index (χ3v) is 5.95. The third kappa shape index (κ3) is 2.26. The molecule has 30 heavy (non-hydrogen) atoms. The summed E-state index contributed by atoms with van der Waals surface area (Å²) in [5.41, 5.74) is 2.75. The number of anilines is 1. The molecule has 3 aromatic carbocycles. The molecule has 0 aliphatic carbocycles. The number of morpholine rings is 1. The quantitative estimate of drug-likeness (QED) is 0.491. The maximum absolute atomic E-state index is 13.4. The summed E-state index contributed by atoms with van der Waals surface area (Å²) in [4.78, 5) is 31.7. The molecule has 1 N–H and O–H groups in total. The van der Waals surface area contributed by atoms with Crippen molar-refractivity contribution < 1.29 is 14.6 Å². The van der Waals surface area contributed by atoms with Gasteiger partial charge in [0.05, 0.1) is 29.8 Å². The molecule has 0 bridgehead atoms. The number of imidazole rings is 1. The molecule has 3 heterocycles. The van der Waals surface area contributed by atoms with Gasteiger partial charge in [-0.25, -0.2) is 9.78 Å². The molecule has 6 rings (SSSR count). The van der Waals surface area contributed by atoms with Crippen LogP contribution in [0.1, 0.15) is 10.4 Å². The summed E-state index contributed by atoms with van der Waals surface area (Å²) in [6, 6.07) is 14.6. The highest BCUT2D eigenvalue weighted by atomic mass is 16.5. The number of hydrogen-bond donors (Lipinski definition) is 1. The van der Waals surface area contributed by atoms with Crippen molar-refractivity contribution >= 4 is 49.9 Å². The van der Waals surface area contributed by atoms with Crippen molar-refractivity contribution in [2.24, 2.45) is 0 Å². The molecular formula is C23H17N3O4. The molecule has 7 nitrogen and oxygen atoms in total. The maximum Gasteiger partial charge on any atom is 0.335 e. The molecule has 7 heteroatoms. The number of carbonyl (C=O) groups is 1. The van der Waals surface area contributed by atoms with E-state index in [2.05, 4.69) is 9.88 Å². The topological polar surface area (TPSA) is 84.1 Å². The van der Waals surface area contributed by atoms with Gasteiger partial charge in [-0.2, -0.15) is 0 Å². The van der Waals surface area contributed by atoms with Crippen LogP contribution < -0.4 is 10.5 Å². The monoisotopic (exact) mass is 399 g/mol. The fraction of sp³-hybridized carbons (Fsp3) is 0.174. The van der Waals surface area contributed by atoms with Crippen LogP contribution in [0.15, 0.2) is 53.3 Å². The molecule has 148 valence electrons. The van der Waals surface area contributed by atoms with Crippen molar-refractivity contribution in [3.05, 3.63) is 64.4 Å². The fourth-order valence-electron chi connectivity index (χ4n) is 4.56. The summed E-state index contributed by atoms with van der Waals surface area (Å²) >= 11 is 0. The lowest BCUT2D eigenvalue weighted by Crippen LogP contribution is -2.36. The van der Waals surface area contributed by atoms with Crippen molar-refractivity contribution in [2.75, 3.05) is 31.2 Å². The van der Waals surface area contributed by atoms with Gasteiger partial charge in [-0.15, -0.1) is 0 Å². The number of carboxylic acid groups (broad SMARTS) is 1. The van der Waals surface area contributed by atoms with Crippen molar-refractivity contribution in [3.8, 4) is 0 Å². The maximum atomic E-state index is 13.4. The van der Waals surface area contributed by atoms with Crippen LogP contribution in [0.3, 0.4) is 0 Å². The Morgan fingerprint density at radius 3 is 2.60 bits per heavy atom. The number of rotatable bonds is 2. The average Bonchev–Trinajstić information content (AvgIpc) is 3.17. The second-order valence-corrected chi connectivity index (χ2v) is 7.54. The molecular weight excluding hydrogens is 382 g/mol. The summed E-state index contributed by atoms with van der Waals surface area (Å²) in [5, 5.41) is 12.7. The predicted molar refractivity (Wildman–Crippen MR) is 115 cm³/mol. The zero-order valence-corrected chi connectivity index (χ0v) is 16.0. The zero-order valence-electron chi connectivity index (χ0n) is 16.0. The van der Waals surface area contributed by atoms with E-state index in [4.69, 9.17) is 4.74 Å². The number of benzene rings is 3. The first-order chi connectivity index (χ1) is 14.6. The number of nitrogens with zero attached hydrogens (tertiary/aromatic N) is 3. The zero-order chi connectivity index (χ0) is 20.4. The van der Waals surface area contributed by atoms with Crippen LogP contribution in [0, 0.1) is 0 Å². The summed E-state index contributed by atoms with van der Waals surface area (Å²) in [5.74, 6) is -1.02. The smallest absolute Gasteiger partial charge is 0.335 e. The Balaban J connectivity index is 1.74. The lowest BCUT2D eigenvalue weighted by atomic mass is 10.00. The number of aromatic nitrogens is 2. The molecule has 0 saturated carbocycles. The number of carboxylic acids is 1. The van der Waals surface area contributed by atoms with E-state index >= 15 is 0 Å². The van der Waals surface area contributed by atoms with Gasteiger partial charge in [-0.3, -0.25) is 9.20 Å². The summed E-state index contributed by atoms with van der Waals surface area (Å²) in [6.45, 7) is 2.99. The van der Waals surface area contributed by atoms with E-state index in [1.807, 2.05) is 30.3 Å². The molecule has 2 aromatic heterocycles. The van der Waals surface area contributed by atoms with Crippen molar-refractivity contribution in [1.82, 2.24) is 9.38 Å². The van der Waals surface area contributed by atoms with Crippen molar-refractivity contribution in [1.29, 1.82) is 0 Å². The highest BCUT2D eigenvalue weighted by Gasteiger charge is 2.20. The number of fused-ring (bicyclic) bond motifs is 4. The largest absolute Gasteiger partial charge is 0.478 e. The van der Waals surface area contributed by atoms with Crippen LogP contribution in [0.4, 0.5) is 5.69 Å². The third-order valence-electron chi connectivity index (χ3n) is 5.95. The van der Waals surface area contributed by atoms with Gasteiger partial charge in [0.2, 0.25) is 0 Å². The highest BCUT2D eigenvalue weighted by molar-refractivity contribution is 6.18. The second kappa shape index (κ2) is 6.14. The van der Waals surface area contributed by atoms with Crippen LogP contribution in [-0.4, -0.2) is 46.8 Å². The van der Waals surface area contributed by atoms with Gasteiger partial charge < -0.3 is 14.7 Å². The van der Waals surface area contributed by atoms with Crippen LogP contribution in [-0.2, 0) is 4.74 Å². The summed E-state index contributed by atoms with van der Waals surface area (Å²) in [7, 11) is 0. The van der Waals surface area contributed by atoms with E-state index in [0.29, 0.717) is 35.3 Å². The predicted octanol–water partition coefficient (Wildman–Crippen LogP) is 3.13. The minimum Gasteiger partial charge on any atom is -0.478 e. The summed E-state index contributed by atoms with van der Waals surface area (Å²) in [6.07, 6.45) is 0. The SMILES string of the molecule is O=C(O)c1ccc2c(c1)nc1c3cccc4c(N5CCOCC5)ccc(c(=O)n21)c43. The first-order valence-electron chi connectivity index (χ1n) is 9.83. The van der Waals surface area contributed by atoms with Gasteiger partial charge in [-0.1, -0.05) is 18.2 Å². The number of ether oxygens (including phenoxy) is 1. The molecule has 1 saturated heterocycles. The minimum atomic E-state index is -1.02. The van der Waals surface area contributed by atoms with Crippen LogP contribution >= 0.6 is 0 Å². The van der Waals surface area contributed by atoms with E-state index in [9.17, 15) is 14.7 Å². The normalized spacial score (nSPS) is 15.0. The molecule has 0 atom stereocenters. The van der Waals surface area contributed by atoms with Gasteiger partial charge in [0.25, 0.3) is 5.56 Å². The minimum absolute atomic E-state index is 0.146. The van der Waals surface area contributed by atoms with E-state index in [0.717, 1.165) is 34.9 Å². The van der Waals surface area contributed by atoms with Gasteiger partial charge in [0.15, 0.2) is 0 Å². The van der Waals surface area contributed by atoms with Crippen LogP contribution in [0.25, 0.3) is 38.2 Å². The standard InChI is InChI=1S/C23H17N3O4/c27-22-16-5-7-18(25-8-10-30-11-9-25)14-2-1-3-15(20(14)16)21-24-17-12-13(23(28)29)4-6-19(17)26(21)22/h1-7,12H,8-11H2,(H,28,29). The number of pyridine rings is 1. The van der Waals surface area contributed by atoms with Crippen molar-refractivity contribution in [3.63, 3.8) is 0 Å². The molecule has 0 radical (unpaired) electrons. The van der Waals surface area contributed by atoms with Gasteiger partial charge in [0, 0.05) is 40.3 Å². The Bertz CT molecular complexity index is 1530. The van der Waals surface area contributed by atoms with E-state index < -0.39 is 5.97 Å². The molecule has 1 fully saturated rings. The Hall–Kier alpha value is -3.71. The van der Waals surface area contributed by atoms with E-state index in [1.54, 1.807) is 10.5 Å². The summed E-state index contributed by atoms with van der Waals surface area (Å²) < 4.78 is 7.08. The van der Waals surface area contributed by atoms with Gasteiger partial charge in [0.1, 0.15) is 5.65 Å². The number of hydrogen-bond acceptors (Lipinski definition) is 5. The van der Waals surface area contributed by atoms with Crippen molar-refractivity contribution in [2.45, 2.75) is 0 Å². The molecule has 5 aromatic rings. The Morgan fingerprint density at radius 1 is 1.00 bits per heavy atom. The molecule has 1 aliphatic heterocycles. The first kappa shape index (κ1) is 17.2. The lowest BCUT2D eigenvalue weighted by molar-refractivity contribution is 0.0697. The Labute approximate surface area is 170 Å². The molecule has 1 aliphatic rings. The number of aromatic carboxylic acids is 1. The molecule has 0 spiro atoms. The average molecular weight is 399 g/mol. The fourth-order valence-corrected chi connectivity index (χ4v) is 4.56. The lowest BCUT2D eigenvalue weighted by Gasteiger charge is -2.30. The molecule has 0 amide bonds. The Morgan fingerprint density at radius 2 is 1.80 bits per heavy atom. The van der Waals surface area contributed by atoms with E-state index in [-0.39, 0.29) is 11.1 Å².